The third-order valence-corrected chi connectivity index (χ3v) is 5.75. The van der Waals surface area contributed by atoms with Gasteiger partial charge in [0.2, 0.25) is 5.95 Å². The lowest BCUT2D eigenvalue weighted by Crippen LogP contribution is -2.40. The number of hydrogen-bond acceptors (Lipinski definition) is 7. The SMILES string of the molecule is CCC(C(C)O)N(c1ncc2ncn(C(C)C)c2n1)c1ccccc1NCc1cccnc1. The maximum Gasteiger partial charge on any atom is 0.232 e. The van der Waals surface area contributed by atoms with E-state index in [4.69, 9.17) is 4.98 Å². The summed E-state index contributed by atoms with van der Waals surface area (Å²) in [6.45, 7) is 8.70. The van der Waals surface area contributed by atoms with Crippen LogP contribution in [0.5, 0.6) is 0 Å². The molecule has 2 unspecified atom stereocenters. The molecule has 0 fully saturated rings. The average molecular weight is 446 g/mol. The number of nitrogens with one attached hydrogen (secondary N) is 1. The van der Waals surface area contributed by atoms with Crippen LogP contribution in [-0.2, 0) is 6.54 Å². The number of rotatable bonds is 9. The number of para-hydroxylation sites is 2. The molecule has 0 saturated heterocycles. The van der Waals surface area contributed by atoms with Gasteiger partial charge in [-0.25, -0.2) is 9.97 Å². The fourth-order valence-corrected chi connectivity index (χ4v) is 4.02. The Balaban J connectivity index is 1.79. The molecular formula is C25H31N7O. The number of aliphatic hydroxyl groups is 1. The van der Waals surface area contributed by atoms with Crippen LogP contribution in [-0.4, -0.2) is 41.8 Å². The van der Waals surface area contributed by atoms with Crippen molar-refractivity contribution >= 4 is 28.5 Å². The van der Waals surface area contributed by atoms with Crippen LogP contribution in [0.25, 0.3) is 11.2 Å². The molecule has 4 aromatic rings. The number of aliphatic hydroxyl groups excluding tert-OH is 1. The smallest absolute Gasteiger partial charge is 0.232 e. The van der Waals surface area contributed by atoms with Crippen molar-refractivity contribution in [3.05, 3.63) is 66.9 Å². The van der Waals surface area contributed by atoms with E-state index < -0.39 is 6.10 Å². The van der Waals surface area contributed by atoms with E-state index in [-0.39, 0.29) is 12.1 Å². The van der Waals surface area contributed by atoms with Crippen molar-refractivity contribution in [2.75, 3.05) is 10.2 Å². The molecule has 0 amide bonds. The Bertz CT molecular complexity index is 1190. The van der Waals surface area contributed by atoms with Crippen LogP contribution in [0.3, 0.4) is 0 Å². The number of fused-ring (bicyclic) bond motifs is 1. The Morgan fingerprint density at radius 2 is 1.88 bits per heavy atom. The van der Waals surface area contributed by atoms with E-state index in [0.717, 1.165) is 34.5 Å². The summed E-state index contributed by atoms with van der Waals surface area (Å²) in [4.78, 5) is 20.2. The van der Waals surface area contributed by atoms with Crippen LogP contribution in [0, 0.1) is 0 Å². The molecule has 2 atom stereocenters. The largest absolute Gasteiger partial charge is 0.391 e. The van der Waals surface area contributed by atoms with Gasteiger partial charge < -0.3 is 19.9 Å². The monoisotopic (exact) mass is 445 g/mol. The standard InChI is InChI=1S/C25H31N7O/c1-5-22(18(4)33)32(25-28-15-21-24(30-25)31(16-29-21)17(2)3)23-11-7-6-10-20(23)27-14-19-9-8-12-26-13-19/h6-13,15-18,22,27,33H,5,14H2,1-4H3. The van der Waals surface area contributed by atoms with Crippen LogP contribution >= 0.6 is 0 Å². The number of hydrogen-bond donors (Lipinski definition) is 2. The molecule has 0 aliphatic rings. The zero-order chi connectivity index (χ0) is 23.4. The van der Waals surface area contributed by atoms with Gasteiger partial charge in [-0.15, -0.1) is 0 Å². The third kappa shape index (κ3) is 4.80. The summed E-state index contributed by atoms with van der Waals surface area (Å²) in [7, 11) is 0. The molecule has 8 nitrogen and oxygen atoms in total. The summed E-state index contributed by atoms with van der Waals surface area (Å²) >= 11 is 0. The molecule has 0 spiro atoms. The Morgan fingerprint density at radius 3 is 2.58 bits per heavy atom. The van der Waals surface area contributed by atoms with Gasteiger partial charge >= 0.3 is 0 Å². The maximum atomic E-state index is 10.7. The number of benzene rings is 1. The summed E-state index contributed by atoms with van der Waals surface area (Å²) in [6.07, 6.45) is 7.30. The number of anilines is 3. The number of nitrogens with zero attached hydrogens (tertiary/aromatic N) is 6. The first-order valence-electron chi connectivity index (χ1n) is 11.4. The van der Waals surface area contributed by atoms with Crippen LogP contribution in [0.1, 0.15) is 45.7 Å². The fraction of sp³-hybridized carbons (Fsp3) is 0.360. The van der Waals surface area contributed by atoms with E-state index >= 15 is 0 Å². The van der Waals surface area contributed by atoms with Crippen molar-refractivity contribution in [1.82, 2.24) is 24.5 Å². The minimum atomic E-state index is -0.587. The van der Waals surface area contributed by atoms with Gasteiger partial charge in [-0.3, -0.25) is 4.98 Å². The molecule has 0 saturated carbocycles. The molecule has 33 heavy (non-hydrogen) atoms. The van der Waals surface area contributed by atoms with Gasteiger partial charge in [0.1, 0.15) is 5.52 Å². The van der Waals surface area contributed by atoms with Crippen molar-refractivity contribution in [2.45, 2.75) is 58.8 Å². The minimum absolute atomic E-state index is 0.209. The fourth-order valence-electron chi connectivity index (χ4n) is 4.02. The Kier molecular flexibility index (Phi) is 6.84. The second-order valence-electron chi connectivity index (χ2n) is 8.44. The number of imidazole rings is 1. The van der Waals surface area contributed by atoms with Crippen LogP contribution in [0.2, 0.25) is 0 Å². The van der Waals surface area contributed by atoms with Gasteiger partial charge in [0.05, 0.1) is 36.0 Å². The second-order valence-corrected chi connectivity index (χ2v) is 8.44. The molecule has 0 bridgehead atoms. The average Bonchev–Trinajstić information content (AvgIpc) is 3.25. The molecule has 8 heteroatoms. The van der Waals surface area contributed by atoms with Crippen molar-refractivity contribution in [2.24, 2.45) is 0 Å². The number of pyridine rings is 1. The zero-order valence-electron chi connectivity index (χ0n) is 19.6. The summed E-state index contributed by atoms with van der Waals surface area (Å²) in [5.74, 6) is 0.535. The molecule has 4 rings (SSSR count). The Labute approximate surface area is 194 Å². The summed E-state index contributed by atoms with van der Waals surface area (Å²) in [5.41, 5.74) is 4.45. The van der Waals surface area contributed by atoms with Crippen molar-refractivity contribution < 1.29 is 5.11 Å². The van der Waals surface area contributed by atoms with E-state index in [0.29, 0.717) is 12.5 Å². The topological polar surface area (TPSA) is 92.0 Å². The quantitative estimate of drug-likeness (QED) is 0.385. The summed E-state index contributed by atoms with van der Waals surface area (Å²) < 4.78 is 2.04. The summed E-state index contributed by atoms with van der Waals surface area (Å²) in [6, 6.07) is 12.0. The van der Waals surface area contributed by atoms with E-state index in [1.807, 2.05) is 59.0 Å². The third-order valence-electron chi connectivity index (χ3n) is 5.75. The van der Waals surface area contributed by atoms with E-state index in [2.05, 4.69) is 41.0 Å². The highest BCUT2D eigenvalue weighted by atomic mass is 16.3. The first kappa shape index (κ1) is 22.7. The zero-order valence-corrected chi connectivity index (χ0v) is 19.6. The normalized spacial score (nSPS) is 13.3. The molecule has 1 aromatic carbocycles. The van der Waals surface area contributed by atoms with Crippen LogP contribution in [0.4, 0.5) is 17.3 Å². The highest BCUT2D eigenvalue weighted by Gasteiger charge is 2.28. The molecule has 3 heterocycles. The molecule has 172 valence electrons. The lowest BCUT2D eigenvalue weighted by atomic mass is 10.1. The van der Waals surface area contributed by atoms with Gasteiger partial charge in [0, 0.05) is 25.0 Å². The molecule has 2 N–H and O–H groups in total. The van der Waals surface area contributed by atoms with Crippen LogP contribution in [0.15, 0.2) is 61.3 Å². The predicted molar refractivity (Wildman–Crippen MR) is 132 cm³/mol. The minimum Gasteiger partial charge on any atom is -0.391 e. The predicted octanol–water partition coefficient (Wildman–Crippen LogP) is 4.71. The summed E-state index contributed by atoms with van der Waals surface area (Å²) in [5, 5.41) is 14.2. The molecule has 0 aliphatic carbocycles. The van der Waals surface area contributed by atoms with Gasteiger partial charge in [0.15, 0.2) is 5.65 Å². The van der Waals surface area contributed by atoms with Gasteiger partial charge in [-0.05, 0) is 51.0 Å². The first-order valence-corrected chi connectivity index (χ1v) is 11.4. The number of aromatic nitrogens is 5. The van der Waals surface area contributed by atoms with Gasteiger partial charge in [0.25, 0.3) is 0 Å². The Morgan fingerprint density at radius 1 is 1.06 bits per heavy atom. The first-order chi connectivity index (χ1) is 16.0. The van der Waals surface area contributed by atoms with Crippen LogP contribution < -0.4 is 10.2 Å². The lowest BCUT2D eigenvalue weighted by Gasteiger charge is -2.34. The lowest BCUT2D eigenvalue weighted by molar-refractivity contribution is 0.160. The van der Waals surface area contributed by atoms with E-state index in [9.17, 15) is 5.11 Å². The molecule has 0 aliphatic heterocycles. The van der Waals surface area contributed by atoms with Crippen molar-refractivity contribution in [3.8, 4) is 0 Å². The van der Waals surface area contributed by atoms with Crippen molar-refractivity contribution in [3.63, 3.8) is 0 Å². The van der Waals surface area contributed by atoms with Gasteiger partial charge in [-0.1, -0.05) is 25.1 Å². The molecular weight excluding hydrogens is 414 g/mol. The maximum absolute atomic E-state index is 10.7. The Hall–Kier alpha value is -3.52. The molecule has 0 radical (unpaired) electrons. The highest BCUT2D eigenvalue weighted by Crippen LogP contribution is 2.35. The van der Waals surface area contributed by atoms with Gasteiger partial charge in [-0.2, -0.15) is 4.98 Å². The second kappa shape index (κ2) is 9.95. The van der Waals surface area contributed by atoms with E-state index in [1.165, 1.54) is 0 Å². The van der Waals surface area contributed by atoms with Crippen molar-refractivity contribution in [1.29, 1.82) is 0 Å². The van der Waals surface area contributed by atoms with E-state index in [1.54, 1.807) is 18.7 Å². The highest BCUT2D eigenvalue weighted by molar-refractivity contribution is 5.77. The molecule has 3 aromatic heterocycles.